The van der Waals surface area contributed by atoms with Crippen LogP contribution in [0, 0.1) is 6.92 Å². The zero-order chi connectivity index (χ0) is 18.6. The Morgan fingerprint density at radius 3 is 2.92 bits per heavy atom. The fourth-order valence-corrected chi connectivity index (χ4v) is 5.11. The van der Waals surface area contributed by atoms with Crippen molar-refractivity contribution in [3.8, 4) is 5.75 Å². The van der Waals surface area contributed by atoms with Gasteiger partial charge in [-0.25, -0.2) is 0 Å². The van der Waals surface area contributed by atoms with E-state index < -0.39 is 6.10 Å². The predicted molar refractivity (Wildman–Crippen MR) is 106 cm³/mol. The highest BCUT2D eigenvalue weighted by atomic mass is 35.5. The molecule has 0 spiro atoms. The molecule has 144 valence electrons. The molecule has 1 N–H and O–H groups in total. The second kappa shape index (κ2) is 8.83. The Kier molecular flexibility index (Phi) is 6.72. The second-order valence-corrected chi connectivity index (χ2v) is 8.55. The number of aryl methyl sites for hydroxylation is 1. The number of rotatable bonds is 6. The molecule has 0 radical (unpaired) electrons. The lowest BCUT2D eigenvalue weighted by atomic mass is 9.95. The van der Waals surface area contributed by atoms with Crippen LogP contribution in [0.3, 0.4) is 0 Å². The summed E-state index contributed by atoms with van der Waals surface area (Å²) in [5.41, 5.74) is 1.08. The number of halogens is 1. The molecular weight excluding hydrogens is 372 g/mol. The molecule has 1 amide bonds. The van der Waals surface area contributed by atoms with Crippen molar-refractivity contribution < 1.29 is 14.3 Å². The van der Waals surface area contributed by atoms with Gasteiger partial charge in [0.05, 0.1) is 18.2 Å². The molecule has 0 saturated carbocycles. The molecule has 0 bridgehead atoms. The molecule has 0 aliphatic carbocycles. The smallest absolute Gasteiger partial charge is 0.260 e. The first-order valence-corrected chi connectivity index (χ1v) is 10.6. The van der Waals surface area contributed by atoms with Crippen molar-refractivity contribution >= 4 is 29.3 Å². The molecule has 0 unspecified atom stereocenters. The van der Waals surface area contributed by atoms with Gasteiger partial charge in [0.2, 0.25) is 0 Å². The zero-order valence-electron chi connectivity index (χ0n) is 15.4. The highest BCUT2D eigenvalue weighted by Crippen LogP contribution is 2.33. The minimum atomic E-state index is -0.593. The summed E-state index contributed by atoms with van der Waals surface area (Å²) in [4.78, 5) is 15.1. The van der Waals surface area contributed by atoms with E-state index in [1.165, 1.54) is 0 Å². The third-order valence-electron chi connectivity index (χ3n) is 5.12. The molecule has 2 fully saturated rings. The number of ether oxygens (including phenoxy) is 2. The zero-order valence-corrected chi connectivity index (χ0v) is 17.0. The van der Waals surface area contributed by atoms with Crippen LogP contribution >= 0.6 is 23.4 Å². The minimum Gasteiger partial charge on any atom is -0.479 e. The SMILES string of the molecule is Cc1ccc(Cl)c(O[C@@H](C)C(=O)NC[C@]2(N3CCOCC3)CCSC2)c1. The molecule has 2 aliphatic heterocycles. The van der Waals surface area contributed by atoms with Crippen LogP contribution in [-0.4, -0.2) is 66.8 Å². The summed E-state index contributed by atoms with van der Waals surface area (Å²) in [7, 11) is 0. The van der Waals surface area contributed by atoms with Crippen LogP contribution in [0.1, 0.15) is 18.9 Å². The van der Waals surface area contributed by atoms with Gasteiger partial charge in [-0.05, 0) is 43.7 Å². The number of carbonyl (C=O) groups excluding carboxylic acids is 1. The van der Waals surface area contributed by atoms with E-state index in [0.29, 0.717) is 17.3 Å². The summed E-state index contributed by atoms with van der Waals surface area (Å²) in [6.45, 7) is 7.78. The number of thioether (sulfide) groups is 1. The van der Waals surface area contributed by atoms with E-state index in [9.17, 15) is 4.79 Å². The number of amides is 1. The molecule has 2 aliphatic rings. The van der Waals surface area contributed by atoms with Gasteiger partial charge in [-0.15, -0.1) is 0 Å². The van der Waals surface area contributed by atoms with Crippen molar-refractivity contribution in [1.29, 1.82) is 0 Å². The summed E-state index contributed by atoms with van der Waals surface area (Å²) in [6.07, 6.45) is 0.502. The second-order valence-electron chi connectivity index (χ2n) is 7.04. The monoisotopic (exact) mass is 398 g/mol. The number of morpholine rings is 1. The number of carbonyl (C=O) groups is 1. The largest absolute Gasteiger partial charge is 0.479 e. The number of hydrogen-bond acceptors (Lipinski definition) is 5. The normalized spacial score (nSPS) is 25.0. The Labute approximate surface area is 164 Å². The molecule has 2 heterocycles. The molecule has 3 rings (SSSR count). The molecule has 1 aromatic rings. The summed E-state index contributed by atoms with van der Waals surface area (Å²) < 4.78 is 11.3. The lowest BCUT2D eigenvalue weighted by Gasteiger charge is -2.43. The third-order valence-corrected chi connectivity index (χ3v) is 6.66. The van der Waals surface area contributed by atoms with E-state index >= 15 is 0 Å². The molecule has 5 nitrogen and oxygen atoms in total. The van der Waals surface area contributed by atoms with E-state index in [1.54, 1.807) is 13.0 Å². The van der Waals surface area contributed by atoms with E-state index in [-0.39, 0.29) is 11.4 Å². The van der Waals surface area contributed by atoms with Crippen molar-refractivity contribution in [3.05, 3.63) is 28.8 Å². The van der Waals surface area contributed by atoms with Crippen molar-refractivity contribution in [1.82, 2.24) is 10.2 Å². The Morgan fingerprint density at radius 1 is 1.46 bits per heavy atom. The lowest BCUT2D eigenvalue weighted by Crippen LogP contribution is -2.59. The highest BCUT2D eigenvalue weighted by Gasteiger charge is 2.41. The fourth-order valence-electron chi connectivity index (χ4n) is 3.48. The first-order chi connectivity index (χ1) is 12.5. The van der Waals surface area contributed by atoms with Crippen LogP contribution in [0.4, 0.5) is 0 Å². The number of nitrogens with one attached hydrogen (secondary N) is 1. The van der Waals surface area contributed by atoms with E-state index in [0.717, 1.165) is 49.8 Å². The van der Waals surface area contributed by atoms with Gasteiger partial charge in [0.15, 0.2) is 6.10 Å². The Morgan fingerprint density at radius 2 is 2.23 bits per heavy atom. The summed E-state index contributed by atoms with van der Waals surface area (Å²) in [5, 5.41) is 3.63. The fraction of sp³-hybridized carbons (Fsp3) is 0.632. The Bertz CT molecular complexity index is 631. The predicted octanol–water partition coefficient (Wildman–Crippen LogP) is 2.74. The Balaban J connectivity index is 1.58. The lowest BCUT2D eigenvalue weighted by molar-refractivity contribution is -0.128. The van der Waals surface area contributed by atoms with Gasteiger partial charge in [-0.1, -0.05) is 17.7 Å². The van der Waals surface area contributed by atoms with Crippen molar-refractivity contribution in [3.63, 3.8) is 0 Å². The van der Waals surface area contributed by atoms with Crippen LogP contribution in [0.15, 0.2) is 18.2 Å². The average Bonchev–Trinajstić information content (AvgIpc) is 3.13. The Hall–Kier alpha value is -0.950. The molecular formula is C19H27ClN2O3S. The molecule has 0 aromatic heterocycles. The number of hydrogen-bond donors (Lipinski definition) is 1. The van der Waals surface area contributed by atoms with Crippen LogP contribution < -0.4 is 10.1 Å². The third kappa shape index (κ3) is 4.66. The molecule has 2 saturated heterocycles. The standard InChI is InChI=1S/C19H27ClN2O3S/c1-14-3-4-16(20)17(11-14)25-15(2)18(23)21-12-19(5-10-26-13-19)22-6-8-24-9-7-22/h3-4,11,15H,5-10,12-13H2,1-2H3,(H,21,23)/t15-,19+/m0/s1. The van der Waals surface area contributed by atoms with Crippen LogP contribution in [0.5, 0.6) is 5.75 Å². The maximum absolute atomic E-state index is 12.6. The maximum Gasteiger partial charge on any atom is 0.260 e. The topological polar surface area (TPSA) is 50.8 Å². The van der Waals surface area contributed by atoms with Crippen LogP contribution in [0.25, 0.3) is 0 Å². The molecule has 2 atom stereocenters. The summed E-state index contributed by atoms with van der Waals surface area (Å²) >= 11 is 8.13. The van der Waals surface area contributed by atoms with Gasteiger partial charge in [0, 0.05) is 30.9 Å². The first kappa shape index (κ1) is 19.8. The summed E-state index contributed by atoms with van der Waals surface area (Å²) in [5.74, 6) is 2.63. The van der Waals surface area contributed by atoms with Gasteiger partial charge in [0.1, 0.15) is 5.75 Å². The number of benzene rings is 1. The van der Waals surface area contributed by atoms with E-state index in [2.05, 4.69) is 10.2 Å². The minimum absolute atomic E-state index is 0.0325. The van der Waals surface area contributed by atoms with E-state index in [1.807, 2.05) is 30.8 Å². The average molecular weight is 399 g/mol. The molecule has 1 aromatic carbocycles. The van der Waals surface area contributed by atoms with Crippen molar-refractivity contribution in [2.45, 2.75) is 31.9 Å². The van der Waals surface area contributed by atoms with E-state index in [4.69, 9.17) is 21.1 Å². The van der Waals surface area contributed by atoms with Gasteiger partial charge in [-0.3, -0.25) is 9.69 Å². The van der Waals surface area contributed by atoms with Crippen molar-refractivity contribution in [2.24, 2.45) is 0 Å². The molecule has 7 heteroatoms. The highest BCUT2D eigenvalue weighted by molar-refractivity contribution is 7.99. The summed E-state index contributed by atoms with van der Waals surface area (Å²) in [6, 6.07) is 5.57. The molecule has 26 heavy (non-hydrogen) atoms. The first-order valence-electron chi connectivity index (χ1n) is 9.11. The van der Waals surface area contributed by atoms with Gasteiger partial charge in [0.25, 0.3) is 5.91 Å². The van der Waals surface area contributed by atoms with Gasteiger partial charge in [-0.2, -0.15) is 11.8 Å². The number of nitrogens with zero attached hydrogens (tertiary/aromatic N) is 1. The maximum atomic E-state index is 12.6. The quantitative estimate of drug-likeness (QED) is 0.798. The van der Waals surface area contributed by atoms with Gasteiger partial charge < -0.3 is 14.8 Å². The van der Waals surface area contributed by atoms with Crippen LogP contribution in [-0.2, 0) is 9.53 Å². The van der Waals surface area contributed by atoms with Crippen LogP contribution in [0.2, 0.25) is 5.02 Å². The van der Waals surface area contributed by atoms with Gasteiger partial charge >= 0.3 is 0 Å². The van der Waals surface area contributed by atoms with Crippen molar-refractivity contribution in [2.75, 3.05) is 44.4 Å².